The summed E-state index contributed by atoms with van der Waals surface area (Å²) >= 11 is 0. The van der Waals surface area contributed by atoms with Crippen molar-refractivity contribution in [3.63, 3.8) is 0 Å². The Balaban J connectivity index is 1.09. The van der Waals surface area contributed by atoms with Gasteiger partial charge in [0.1, 0.15) is 6.61 Å². The summed E-state index contributed by atoms with van der Waals surface area (Å²) in [5.41, 5.74) is 4.75. The first-order chi connectivity index (χ1) is 17.0. The molecule has 2 aromatic carbocycles. The minimum atomic E-state index is -0.981. The van der Waals surface area contributed by atoms with Crippen LogP contribution in [-0.2, 0) is 19.1 Å². The number of carboxylic acid groups (broad SMARTS) is 1. The molecule has 4 rings (SSSR count). The van der Waals surface area contributed by atoms with Crippen molar-refractivity contribution in [1.82, 2.24) is 10.6 Å². The summed E-state index contributed by atoms with van der Waals surface area (Å²) in [5, 5.41) is 14.7. The maximum atomic E-state index is 12.2. The van der Waals surface area contributed by atoms with Crippen molar-refractivity contribution >= 4 is 18.0 Å². The number of hydrogen-bond donors (Lipinski definition) is 3. The van der Waals surface area contributed by atoms with Gasteiger partial charge < -0.3 is 25.2 Å². The molecule has 0 saturated carbocycles. The van der Waals surface area contributed by atoms with Gasteiger partial charge in [-0.3, -0.25) is 4.79 Å². The van der Waals surface area contributed by atoms with Crippen LogP contribution >= 0.6 is 0 Å². The Morgan fingerprint density at radius 3 is 2.31 bits per heavy atom. The second-order valence-corrected chi connectivity index (χ2v) is 9.05. The van der Waals surface area contributed by atoms with Gasteiger partial charge in [-0.2, -0.15) is 0 Å². The molecule has 2 unspecified atom stereocenters. The molecule has 1 aliphatic carbocycles. The summed E-state index contributed by atoms with van der Waals surface area (Å²) in [5.74, 6) is -1.22. The van der Waals surface area contributed by atoms with E-state index < -0.39 is 18.2 Å². The Labute approximate surface area is 205 Å². The predicted molar refractivity (Wildman–Crippen MR) is 130 cm³/mol. The number of ether oxygens (including phenoxy) is 2. The number of benzene rings is 2. The zero-order valence-electron chi connectivity index (χ0n) is 19.7. The third-order valence-electron chi connectivity index (χ3n) is 6.71. The van der Waals surface area contributed by atoms with Crippen LogP contribution in [0.5, 0.6) is 0 Å². The third-order valence-corrected chi connectivity index (χ3v) is 6.71. The monoisotopic (exact) mass is 480 g/mol. The van der Waals surface area contributed by atoms with Crippen molar-refractivity contribution in [2.24, 2.45) is 5.92 Å². The van der Waals surface area contributed by atoms with E-state index in [0.717, 1.165) is 12.8 Å². The molecular weight excluding hydrogens is 448 g/mol. The number of carbonyl (C=O) groups excluding carboxylic acids is 2. The van der Waals surface area contributed by atoms with Crippen LogP contribution in [0.15, 0.2) is 48.5 Å². The number of carboxylic acids is 1. The van der Waals surface area contributed by atoms with Gasteiger partial charge in [-0.15, -0.1) is 0 Å². The Morgan fingerprint density at radius 2 is 1.63 bits per heavy atom. The topological polar surface area (TPSA) is 114 Å². The van der Waals surface area contributed by atoms with Crippen LogP contribution in [0.2, 0.25) is 0 Å². The first-order valence-electron chi connectivity index (χ1n) is 12.2. The highest BCUT2D eigenvalue weighted by atomic mass is 16.5. The van der Waals surface area contributed by atoms with Gasteiger partial charge in [0.05, 0.1) is 0 Å². The first kappa shape index (κ1) is 24.7. The molecule has 3 N–H and O–H groups in total. The molecule has 2 amide bonds. The second kappa shape index (κ2) is 11.8. The quantitative estimate of drug-likeness (QED) is 0.423. The van der Waals surface area contributed by atoms with Gasteiger partial charge in [-0.1, -0.05) is 55.0 Å². The number of nitrogens with one attached hydrogen (secondary N) is 2. The number of rotatable bonds is 11. The SMILES string of the molecule is O=C(CCCCCNC(=O)OCC1c2ccccc2-c2ccccc21)NCC1CCOC1C(=O)O. The number of fused-ring (bicyclic) bond motifs is 3. The van der Waals surface area contributed by atoms with Crippen LogP contribution < -0.4 is 10.6 Å². The van der Waals surface area contributed by atoms with Crippen molar-refractivity contribution in [2.75, 3.05) is 26.3 Å². The molecule has 1 fully saturated rings. The van der Waals surface area contributed by atoms with Crippen molar-refractivity contribution in [2.45, 2.75) is 44.1 Å². The third kappa shape index (κ3) is 6.19. The van der Waals surface area contributed by atoms with Crippen LogP contribution in [0.3, 0.4) is 0 Å². The van der Waals surface area contributed by atoms with E-state index in [2.05, 4.69) is 34.9 Å². The van der Waals surface area contributed by atoms with E-state index in [0.29, 0.717) is 39.0 Å². The zero-order valence-corrected chi connectivity index (χ0v) is 19.7. The highest BCUT2D eigenvalue weighted by molar-refractivity contribution is 5.79. The standard InChI is InChI=1S/C27H32N2O6/c30-24(29-16-18-13-15-34-25(18)26(31)32)12-2-1-7-14-28-27(33)35-17-23-21-10-5-3-8-19(21)20-9-4-6-11-22(20)23/h3-6,8-11,18,23,25H,1-2,7,12-17H2,(H,28,33)(H,29,30)(H,31,32). The fraction of sp³-hybridized carbons (Fsp3) is 0.444. The summed E-state index contributed by atoms with van der Waals surface area (Å²) in [6.07, 6.45) is 1.98. The molecule has 8 nitrogen and oxygen atoms in total. The van der Waals surface area contributed by atoms with Crippen molar-refractivity contribution in [1.29, 1.82) is 0 Å². The maximum absolute atomic E-state index is 12.2. The molecule has 2 atom stereocenters. The van der Waals surface area contributed by atoms with Gasteiger partial charge in [-0.05, 0) is 41.5 Å². The normalized spacial score (nSPS) is 18.5. The fourth-order valence-electron chi connectivity index (χ4n) is 4.88. The minimum absolute atomic E-state index is 0.0354. The number of carbonyl (C=O) groups is 3. The van der Waals surface area contributed by atoms with Gasteiger partial charge in [-0.25, -0.2) is 9.59 Å². The molecule has 186 valence electrons. The molecule has 1 saturated heterocycles. The van der Waals surface area contributed by atoms with Crippen LogP contribution in [0.4, 0.5) is 4.79 Å². The van der Waals surface area contributed by atoms with Gasteiger partial charge >= 0.3 is 12.1 Å². The van der Waals surface area contributed by atoms with E-state index in [1.54, 1.807) is 0 Å². The number of unbranched alkanes of at least 4 members (excludes halogenated alkanes) is 2. The molecule has 35 heavy (non-hydrogen) atoms. The molecule has 0 bridgehead atoms. The summed E-state index contributed by atoms with van der Waals surface area (Å²) in [4.78, 5) is 35.3. The smallest absolute Gasteiger partial charge is 0.407 e. The molecule has 2 aromatic rings. The zero-order chi connectivity index (χ0) is 24.6. The molecule has 0 spiro atoms. The van der Waals surface area contributed by atoms with Gasteiger partial charge in [0.25, 0.3) is 0 Å². The lowest BCUT2D eigenvalue weighted by Crippen LogP contribution is -2.36. The van der Waals surface area contributed by atoms with Gasteiger partial charge in [0.15, 0.2) is 6.10 Å². The Hall–Kier alpha value is -3.39. The number of aliphatic carboxylic acids is 1. The maximum Gasteiger partial charge on any atom is 0.407 e. The number of alkyl carbamates (subject to hydrolysis) is 1. The first-order valence-corrected chi connectivity index (χ1v) is 12.2. The van der Waals surface area contributed by atoms with E-state index in [9.17, 15) is 14.4 Å². The van der Waals surface area contributed by atoms with E-state index in [4.69, 9.17) is 14.6 Å². The van der Waals surface area contributed by atoms with Gasteiger partial charge in [0, 0.05) is 38.0 Å². The van der Waals surface area contributed by atoms with Crippen LogP contribution in [0.25, 0.3) is 11.1 Å². The summed E-state index contributed by atoms with van der Waals surface area (Å²) in [7, 11) is 0. The number of hydrogen-bond acceptors (Lipinski definition) is 5. The Morgan fingerprint density at radius 1 is 0.943 bits per heavy atom. The molecule has 0 aromatic heterocycles. The van der Waals surface area contributed by atoms with Gasteiger partial charge in [0.2, 0.25) is 5.91 Å². The summed E-state index contributed by atoms with van der Waals surface area (Å²) in [6.45, 7) is 1.50. The highest BCUT2D eigenvalue weighted by Crippen LogP contribution is 2.44. The average Bonchev–Trinajstić information content (AvgIpc) is 3.46. The second-order valence-electron chi connectivity index (χ2n) is 9.05. The number of amides is 2. The lowest BCUT2D eigenvalue weighted by molar-refractivity contribution is -0.149. The molecule has 8 heteroatoms. The Kier molecular flexibility index (Phi) is 8.36. The molecule has 1 heterocycles. The minimum Gasteiger partial charge on any atom is -0.479 e. The largest absolute Gasteiger partial charge is 0.479 e. The van der Waals surface area contributed by atoms with Crippen LogP contribution in [0.1, 0.15) is 49.1 Å². The van der Waals surface area contributed by atoms with E-state index in [1.807, 2.05) is 24.3 Å². The van der Waals surface area contributed by atoms with Crippen molar-refractivity contribution < 1.29 is 29.0 Å². The predicted octanol–water partition coefficient (Wildman–Crippen LogP) is 3.69. The molecule has 0 radical (unpaired) electrons. The average molecular weight is 481 g/mol. The van der Waals surface area contributed by atoms with Crippen molar-refractivity contribution in [3.05, 3.63) is 59.7 Å². The summed E-state index contributed by atoms with van der Waals surface area (Å²) in [6, 6.07) is 16.4. The van der Waals surface area contributed by atoms with E-state index >= 15 is 0 Å². The highest BCUT2D eigenvalue weighted by Gasteiger charge is 2.34. The van der Waals surface area contributed by atoms with E-state index in [-0.39, 0.29) is 24.3 Å². The van der Waals surface area contributed by atoms with Crippen LogP contribution in [-0.4, -0.2) is 55.5 Å². The molecule has 1 aliphatic heterocycles. The fourth-order valence-corrected chi connectivity index (χ4v) is 4.88. The van der Waals surface area contributed by atoms with Crippen LogP contribution in [0, 0.1) is 5.92 Å². The molecular formula is C27H32N2O6. The van der Waals surface area contributed by atoms with Crippen molar-refractivity contribution in [3.8, 4) is 11.1 Å². The summed E-state index contributed by atoms with van der Waals surface area (Å²) < 4.78 is 10.7. The lowest BCUT2D eigenvalue weighted by atomic mass is 9.98. The molecule has 2 aliphatic rings. The lowest BCUT2D eigenvalue weighted by Gasteiger charge is -2.15. The van der Waals surface area contributed by atoms with E-state index in [1.165, 1.54) is 22.3 Å². The Bertz CT molecular complexity index is 1010.